The van der Waals surface area contributed by atoms with Gasteiger partial charge < -0.3 is 23.1 Å². The van der Waals surface area contributed by atoms with Crippen LogP contribution >= 0.6 is 0 Å². The molecular weight excluding hydrogens is 496 g/mol. The lowest BCUT2D eigenvalue weighted by Crippen LogP contribution is -2.54. The predicted octanol–water partition coefficient (Wildman–Crippen LogP) is 8.63. The third kappa shape index (κ3) is 9.82. The van der Waals surface area contributed by atoms with Crippen LogP contribution in [-0.4, -0.2) is 61.6 Å². The molecule has 0 aromatic heterocycles. The van der Waals surface area contributed by atoms with Crippen molar-refractivity contribution < 1.29 is 23.1 Å². The van der Waals surface area contributed by atoms with Crippen LogP contribution in [0.3, 0.4) is 0 Å². The molecule has 0 rings (SSSR count). The lowest BCUT2D eigenvalue weighted by atomic mass is 9.90. The lowest BCUT2D eigenvalue weighted by Gasteiger charge is -2.47. The number of rotatable bonds is 18. The number of hydrogen-bond acceptors (Lipinski definition) is 5. The molecule has 0 aromatic rings. The summed E-state index contributed by atoms with van der Waals surface area (Å²) in [6.45, 7) is 31.9. The maximum atomic E-state index is 11.5. The fourth-order valence-corrected chi connectivity index (χ4v) is 12.9. The maximum Gasteiger partial charge on any atom is 0.200 e. The van der Waals surface area contributed by atoms with E-state index in [1.165, 1.54) is 0 Å². The molecule has 1 unspecified atom stereocenters. The summed E-state index contributed by atoms with van der Waals surface area (Å²) in [5, 5.41) is 0.0514. The van der Waals surface area contributed by atoms with Gasteiger partial charge in [0.2, 0.25) is 8.32 Å². The van der Waals surface area contributed by atoms with E-state index in [9.17, 15) is 4.79 Å². The fourth-order valence-electron chi connectivity index (χ4n) is 5.85. The second-order valence-electron chi connectivity index (χ2n) is 13.8. The zero-order valence-corrected chi connectivity index (χ0v) is 29.4. The topological polar surface area (TPSA) is 54.0 Å². The second-order valence-corrected chi connectivity index (χ2v) is 24.0. The monoisotopic (exact) mass is 560 g/mol. The molecule has 0 fully saturated rings. The normalized spacial score (nSPS) is 18.7. The Bertz CT molecular complexity index is 623. The van der Waals surface area contributed by atoms with Crippen molar-refractivity contribution in [3.05, 3.63) is 0 Å². The van der Waals surface area contributed by atoms with Gasteiger partial charge in [-0.2, -0.15) is 0 Å². The predicted molar refractivity (Wildman–Crippen MR) is 164 cm³/mol. The van der Waals surface area contributed by atoms with Gasteiger partial charge in [0.1, 0.15) is 6.29 Å². The Kier molecular flexibility index (Phi) is 15.6. The van der Waals surface area contributed by atoms with E-state index in [4.69, 9.17) is 18.3 Å². The highest BCUT2D eigenvalue weighted by atomic mass is 28.4. The van der Waals surface area contributed by atoms with E-state index in [1.54, 1.807) is 14.2 Å². The van der Waals surface area contributed by atoms with Gasteiger partial charge in [0.05, 0.1) is 18.3 Å². The summed E-state index contributed by atoms with van der Waals surface area (Å²) in [5.74, 6) is 0.191. The largest absolute Gasteiger partial charge is 0.413 e. The van der Waals surface area contributed by atoms with Crippen molar-refractivity contribution in [2.45, 2.75) is 162 Å². The highest BCUT2D eigenvalue weighted by molar-refractivity contribution is 6.77. The summed E-state index contributed by atoms with van der Waals surface area (Å²) >= 11 is 0. The van der Waals surface area contributed by atoms with Crippen molar-refractivity contribution in [1.29, 1.82) is 0 Å². The van der Waals surface area contributed by atoms with E-state index in [2.05, 4.69) is 89.3 Å². The Hall–Kier alpha value is -0.0562. The highest BCUT2D eigenvalue weighted by Crippen LogP contribution is 2.45. The highest BCUT2D eigenvalue weighted by Gasteiger charge is 2.48. The lowest BCUT2D eigenvalue weighted by molar-refractivity contribution is -0.116. The number of methoxy groups -OCH3 is 2. The smallest absolute Gasteiger partial charge is 0.200 e. The van der Waals surface area contributed by atoms with E-state index in [0.717, 1.165) is 19.1 Å². The summed E-state index contributed by atoms with van der Waals surface area (Å²) in [4.78, 5) is 11.5. The van der Waals surface area contributed by atoms with Crippen molar-refractivity contribution >= 4 is 22.9 Å². The number of aldehydes is 1. The van der Waals surface area contributed by atoms with Crippen molar-refractivity contribution in [3.8, 4) is 0 Å². The minimum atomic E-state index is -2.13. The molecular formula is C30H64O5Si2. The van der Waals surface area contributed by atoms with Crippen molar-refractivity contribution in [2.75, 3.05) is 14.2 Å². The molecule has 37 heavy (non-hydrogen) atoms. The van der Waals surface area contributed by atoms with Crippen LogP contribution in [0.5, 0.6) is 0 Å². The van der Waals surface area contributed by atoms with Gasteiger partial charge in [0, 0.05) is 26.2 Å². The minimum Gasteiger partial charge on any atom is -0.413 e. The van der Waals surface area contributed by atoms with Gasteiger partial charge in [-0.05, 0) is 59.9 Å². The van der Waals surface area contributed by atoms with Gasteiger partial charge in [-0.3, -0.25) is 0 Å². The molecule has 0 bridgehead atoms. The van der Waals surface area contributed by atoms with Crippen LogP contribution in [-0.2, 0) is 23.1 Å². The Morgan fingerprint density at radius 3 is 1.49 bits per heavy atom. The molecule has 0 aliphatic rings. The second kappa shape index (κ2) is 15.7. The molecule has 6 atom stereocenters. The molecule has 0 N–H and O–H groups in total. The minimum absolute atomic E-state index is 0.0514. The molecule has 7 heteroatoms. The summed E-state index contributed by atoms with van der Waals surface area (Å²) in [5.41, 5.74) is 1.64. The molecule has 0 radical (unpaired) electrons. The Morgan fingerprint density at radius 2 is 1.16 bits per heavy atom. The first kappa shape index (κ1) is 36.9. The zero-order valence-electron chi connectivity index (χ0n) is 27.4. The summed E-state index contributed by atoms with van der Waals surface area (Å²) in [7, 11) is -0.627. The Morgan fingerprint density at radius 1 is 0.730 bits per heavy atom. The number of carbonyl (C=O) groups excluding carboxylic acids is 1. The van der Waals surface area contributed by atoms with Crippen molar-refractivity contribution in [3.63, 3.8) is 0 Å². The van der Waals surface area contributed by atoms with E-state index < -0.39 is 16.6 Å². The van der Waals surface area contributed by atoms with Gasteiger partial charge in [0.25, 0.3) is 0 Å². The van der Waals surface area contributed by atoms with Crippen LogP contribution in [0.1, 0.15) is 102 Å². The Labute approximate surface area is 233 Å². The average molecular weight is 561 g/mol. The molecule has 0 aliphatic carbocycles. The summed E-state index contributed by atoms with van der Waals surface area (Å²) in [6, 6.07) is 0. The Balaban J connectivity index is 6.25. The molecule has 5 nitrogen and oxygen atoms in total. The van der Waals surface area contributed by atoms with Crippen LogP contribution in [0.25, 0.3) is 0 Å². The van der Waals surface area contributed by atoms with Gasteiger partial charge in [-0.15, -0.1) is 0 Å². The van der Waals surface area contributed by atoms with Gasteiger partial charge in [-0.1, -0.05) is 83.1 Å². The maximum absolute atomic E-state index is 11.5. The van der Waals surface area contributed by atoms with Gasteiger partial charge >= 0.3 is 0 Å². The third-order valence-corrected chi connectivity index (χ3v) is 19.7. The van der Waals surface area contributed by atoms with Crippen LogP contribution in [0.15, 0.2) is 0 Å². The number of carbonyl (C=O) groups is 1. The van der Waals surface area contributed by atoms with Crippen LogP contribution < -0.4 is 0 Å². The molecule has 0 aromatic carbocycles. The first-order valence-corrected chi connectivity index (χ1v) is 19.8. The molecule has 0 aliphatic heterocycles. The first-order chi connectivity index (χ1) is 16.9. The molecule has 0 spiro atoms. The average Bonchev–Trinajstić information content (AvgIpc) is 2.78. The third-order valence-electron chi connectivity index (χ3n) is 9.12. The van der Waals surface area contributed by atoms with E-state index in [0.29, 0.717) is 29.0 Å². The van der Waals surface area contributed by atoms with E-state index in [1.807, 2.05) is 6.92 Å². The van der Waals surface area contributed by atoms with Crippen LogP contribution in [0.4, 0.5) is 0 Å². The molecule has 0 amide bonds. The van der Waals surface area contributed by atoms with Gasteiger partial charge in [-0.25, -0.2) is 0 Å². The fraction of sp³-hybridized carbons (Fsp3) is 0.967. The van der Waals surface area contributed by atoms with E-state index >= 15 is 0 Å². The first-order valence-electron chi connectivity index (χ1n) is 14.7. The number of hydrogen-bond donors (Lipinski definition) is 0. The van der Waals surface area contributed by atoms with E-state index in [-0.39, 0.29) is 35.4 Å². The molecule has 0 heterocycles. The summed E-state index contributed by atoms with van der Waals surface area (Å²) in [6.07, 6.45) is 2.96. The van der Waals surface area contributed by atoms with Gasteiger partial charge in [0.15, 0.2) is 8.32 Å². The summed E-state index contributed by atoms with van der Waals surface area (Å²) < 4.78 is 26.5. The zero-order chi connectivity index (χ0) is 29.4. The van der Waals surface area contributed by atoms with Crippen molar-refractivity contribution in [2.24, 2.45) is 11.8 Å². The quantitative estimate of drug-likeness (QED) is 0.124. The van der Waals surface area contributed by atoms with Crippen molar-refractivity contribution in [1.82, 2.24) is 0 Å². The number of ether oxygens (including phenoxy) is 2. The van der Waals surface area contributed by atoms with Crippen LogP contribution in [0, 0.1) is 11.8 Å². The molecule has 0 saturated heterocycles. The SMILES string of the molecule is CCC(O[Si](C(C)C)(C(C)C)C(C)C)[C@H](C)C[C@H](OC)[C@@H](O[Si](C)(C)C(C)(C)C)[C@H](C[C@@H](C)C=O)OC. The molecule has 222 valence electrons. The standard InChI is InChI=1S/C30H64O5Si2/c1-17-26(34-37(21(2)3,22(4)5)23(6)7)25(9)19-28(33-14)29(27(32-13)18-24(8)20-31)35-36(15,16)30(10,11)12/h20-29H,17-19H2,1-16H3/t24-,25-,26?,27+,28+,29+/m1/s1. The molecule has 0 saturated carbocycles. The van der Waals surface area contributed by atoms with Crippen LogP contribution in [0.2, 0.25) is 34.8 Å².